The van der Waals surface area contributed by atoms with E-state index in [2.05, 4.69) is 84.4 Å². The van der Waals surface area contributed by atoms with Crippen molar-refractivity contribution in [3.05, 3.63) is 48.0 Å². The molecule has 2 heterocycles. The van der Waals surface area contributed by atoms with Gasteiger partial charge >= 0.3 is 29.8 Å². The number of carbonyl (C=O) groups excluding carboxylic acids is 17. The van der Waals surface area contributed by atoms with Crippen molar-refractivity contribution >= 4 is 142 Å². The number of aromatic nitrogens is 2. The average Bonchev–Trinajstić information content (AvgIpc) is 1.62. The summed E-state index contributed by atoms with van der Waals surface area (Å²) in [6, 6.07) is -18.1. The number of imidazole rings is 1. The Hall–Kier alpha value is -13.1. The van der Waals surface area contributed by atoms with Gasteiger partial charge in [0.05, 0.1) is 48.8 Å². The lowest BCUT2D eigenvalue weighted by Gasteiger charge is -2.30. The van der Waals surface area contributed by atoms with Gasteiger partial charge < -0.3 is 144 Å². The summed E-state index contributed by atoms with van der Waals surface area (Å²) < 4.78 is 0. The van der Waals surface area contributed by atoms with Crippen molar-refractivity contribution in [3.8, 4) is 5.75 Å². The van der Waals surface area contributed by atoms with Crippen LogP contribution in [-0.2, 0) is 118 Å². The van der Waals surface area contributed by atoms with Crippen LogP contribution in [0.25, 0.3) is 0 Å². The SMILES string of the molecule is CC(C)C[C@H](N)C(=O)N[C@@H](CCC(=O)O)C(=O)N[C@@H](CCC(=O)O)C(=O)N[C@@H](CCCCN)C(=O)N[C@@H](CCCCN)C(=O)NCC(=O)N[C@@H](CC(N)=O)C(=O)N[C@@H](Cc1ccc(O)cc1)C(=O)N[C@H](C(=O)N[C@H](C(=O)N[C@H](C(=O)N[C@@H](CC(=O)O)C(=O)N[C@@H](Cc1c[nH]cn1)C(=O)N[C@@H](CSC1CC(=O)N(CC2CCC(C(=O)NCCCC[C@H](N)C(=O)O)CC2)C1=O)C(=O)O)[C@@H](C)O)C(C)C)C(C)C. The molecule has 2 aromatic rings. The number of carboxylic acids is 5. The highest BCUT2D eigenvalue weighted by Gasteiger charge is 2.44. The molecule has 0 bridgehead atoms. The van der Waals surface area contributed by atoms with E-state index in [9.17, 15) is 136 Å². The summed E-state index contributed by atoms with van der Waals surface area (Å²) >= 11 is 0.764. The fourth-order valence-electron chi connectivity index (χ4n) is 15.0. The fourth-order valence-corrected chi connectivity index (χ4v) is 16.2. The van der Waals surface area contributed by atoms with Gasteiger partial charge in [0.25, 0.3) is 0 Å². The highest BCUT2D eigenvalue weighted by molar-refractivity contribution is 8.00. The molecule has 4 rings (SSSR count). The second-order valence-corrected chi connectivity index (χ2v) is 37.0. The minimum absolute atomic E-state index is 0.0422. The van der Waals surface area contributed by atoms with E-state index in [0.717, 1.165) is 23.6 Å². The number of primary amides is 1. The van der Waals surface area contributed by atoms with Gasteiger partial charge in [-0.1, -0.05) is 53.7 Å². The molecule has 1 unspecified atom stereocenters. The molecule has 16 atom stereocenters. The largest absolute Gasteiger partial charge is 0.508 e. The van der Waals surface area contributed by atoms with Gasteiger partial charge in [0.1, 0.15) is 84.3 Å². The number of aromatic hydroxyl groups is 1. The van der Waals surface area contributed by atoms with Gasteiger partial charge in [0.2, 0.25) is 100 Å². The normalized spacial score (nSPS) is 17.3. The maximum absolute atomic E-state index is 14.7. The van der Waals surface area contributed by atoms with Crippen LogP contribution in [0.5, 0.6) is 5.75 Å². The molecule has 1 aromatic carbocycles. The molecular formula is C88H138N22O29S. The Bertz CT molecular complexity index is 4580. The molecule has 1 aliphatic carbocycles. The smallest absolute Gasteiger partial charge is 0.327 e. The summed E-state index contributed by atoms with van der Waals surface area (Å²) in [5.74, 6) is -27.6. The number of nitrogens with one attached hydrogen (secondary N) is 15. The first-order valence-corrected chi connectivity index (χ1v) is 47.4. The molecule has 140 heavy (non-hydrogen) atoms. The number of carbonyl (C=O) groups is 22. The monoisotopic (exact) mass is 2000 g/mol. The predicted octanol–water partition coefficient (Wildman–Crippen LogP) is -6.31. The molecule has 2 fully saturated rings. The summed E-state index contributed by atoms with van der Waals surface area (Å²) in [5, 5.41) is 102. The highest BCUT2D eigenvalue weighted by atomic mass is 32.2. The van der Waals surface area contributed by atoms with Crippen molar-refractivity contribution in [2.45, 2.75) is 292 Å². The topological polar surface area (TPSA) is 848 Å². The van der Waals surface area contributed by atoms with E-state index < -0.39 is 296 Å². The number of benzene rings is 1. The Morgan fingerprint density at radius 2 is 0.929 bits per heavy atom. The Morgan fingerprint density at radius 1 is 0.479 bits per heavy atom. The minimum atomic E-state index is -2.14. The Kier molecular flexibility index (Phi) is 51.7. The zero-order valence-electron chi connectivity index (χ0n) is 79.4. The molecular weight excluding hydrogens is 1860 g/mol. The lowest BCUT2D eigenvalue weighted by molar-refractivity contribution is -0.143. The second-order valence-electron chi connectivity index (χ2n) is 35.7. The van der Waals surface area contributed by atoms with Crippen LogP contribution >= 0.6 is 11.8 Å². The van der Waals surface area contributed by atoms with Gasteiger partial charge in [0.15, 0.2) is 0 Å². The van der Waals surface area contributed by atoms with E-state index in [0.29, 0.717) is 57.9 Å². The number of hydrogen-bond donors (Lipinski definition) is 27. The van der Waals surface area contributed by atoms with E-state index in [4.69, 9.17) is 33.8 Å². The van der Waals surface area contributed by atoms with Crippen LogP contribution in [0.1, 0.15) is 195 Å². The molecule has 1 saturated heterocycles. The molecule has 780 valence electrons. The average molecular weight is 2000 g/mol. The molecule has 1 aromatic heterocycles. The number of imide groups is 1. The number of aliphatic carboxylic acids is 5. The number of H-pyrrole nitrogens is 1. The maximum Gasteiger partial charge on any atom is 0.327 e. The first-order valence-electron chi connectivity index (χ1n) is 46.3. The van der Waals surface area contributed by atoms with E-state index in [-0.39, 0.29) is 105 Å². The molecule has 1 saturated carbocycles. The standard InChI is InChI=1S/C88H138N22O29S/c1-43(2)32-53(92)74(123)99-56(25-27-67(116)117)77(126)102-57(26-28-68(118)119)78(127)101-55(16-9-12-30-90)76(125)100-54(15-8-11-29-89)75(124)96-39-65(114)98-60(35-64(93)113)80(129)103-58(33-47-19-23-51(112)24-20-47)82(131)107-70(44(3)4)83(132)108-71(45(5)6)84(133)109-72(46(7)111)85(134)105-61(36-69(120)121)81(130)104-59(34-50-38-94-42-97-50)79(128)106-62(88(138)139)41-140-63-37-66(115)110(86(63)135)40-48-17-21-49(22-18-48)73(122)95-31-13-10-14-52(91)87(136)137/h19-20,23-24,38,42-46,48-49,52-63,70-72,111-112H,8-18,21-22,25-37,39-41,89-92H2,1-7H3,(H2,93,113)(H,94,97)(H,95,122)(H,96,124)(H,98,114)(H,99,123)(H,100,125)(H,101,127)(H,102,126)(H,103,129)(H,104,130)(H,105,134)(H,106,128)(H,107,131)(H,108,132)(H,109,133)(H,116,117)(H,118,119)(H,120,121)(H,136,137)(H,138,139)/t46-,48?,49?,52+,53+,54+,55+,56+,57+,58+,59+,60+,61+,62+,63?,70+,71+,72+/m1/s1. The predicted molar refractivity (Wildman–Crippen MR) is 498 cm³/mol. The van der Waals surface area contributed by atoms with Crippen LogP contribution < -0.4 is 103 Å². The van der Waals surface area contributed by atoms with Crippen molar-refractivity contribution in [2.24, 2.45) is 58.3 Å². The Morgan fingerprint density at radius 3 is 1.41 bits per heavy atom. The molecule has 0 radical (unpaired) electrons. The highest BCUT2D eigenvalue weighted by Crippen LogP contribution is 2.33. The summed E-state index contributed by atoms with van der Waals surface area (Å²) in [5.41, 5.74) is 29.0. The quantitative estimate of drug-likeness (QED) is 0.0216. The number of aliphatic hydroxyl groups is 1. The van der Waals surface area contributed by atoms with Crippen LogP contribution in [0.4, 0.5) is 0 Å². The lowest BCUT2D eigenvalue weighted by Crippen LogP contribution is -2.63. The first-order chi connectivity index (χ1) is 65.9. The van der Waals surface area contributed by atoms with Gasteiger partial charge in [-0.25, -0.2) is 9.78 Å². The minimum Gasteiger partial charge on any atom is -0.508 e. The number of nitrogens with zero attached hydrogens (tertiary/aromatic N) is 2. The summed E-state index contributed by atoms with van der Waals surface area (Å²) in [4.78, 5) is 304. The van der Waals surface area contributed by atoms with Crippen molar-refractivity contribution in [1.29, 1.82) is 0 Å². The molecule has 52 heteroatoms. The number of nitrogens with two attached hydrogens (primary N) is 5. The Labute approximate surface area is 811 Å². The van der Waals surface area contributed by atoms with E-state index >= 15 is 0 Å². The van der Waals surface area contributed by atoms with Gasteiger partial charge in [-0.3, -0.25) is 106 Å². The van der Waals surface area contributed by atoms with Crippen molar-refractivity contribution < 1.29 is 141 Å². The summed E-state index contributed by atoms with van der Waals surface area (Å²) in [6.07, 6.45) is -1.24. The van der Waals surface area contributed by atoms with Crippen LogP contribution in [0.15, 0.2) is 36.8 Å². The molecule has 17 amide bonds. The number of phenolic OH excluding ortho intramolecular Hbond substituents is 1. The lowest BCUT2D eigenvalue weighted by atomic mass is 9.81. The van der Waals surface area contributed by atoms with Crippen LogP contribution in [0, 0.1) is 29.6 Å². The number of rotatable bonds is 66. The molecule has 32 N–H and O–H groups in total. The zero-order chi connectivity index (χ0) is 105. The van der Waals surface area contributed by atoms with E-state index in [1.807, 2.05) is 0 Å². The fraction of sp³-hybridized carbons (Fsp3) is 0.648. The van der Waals surface area contributed by atoms with Gasteiger partial charge in [-0.15, -0.1) is 11.8 Å². The zero-order valence-corrected chi connectivity index (χ0v) is 80.2. The van der Waals surface area contributed by atoms with Gasteiger partial charge in [0, 0.05) is 63.1 Å². The van der Waals surface area contributed by atoms with Gasteiger partial charge in [-0.05, 0) is 164 Å². The number of thioether (sulfide) groups is 1. The van der Waals surface area contributed by atoms with Crippen molar-refractivity contribution in [1.82, 2.24) is 89.3 Å². The number of phenols is 1. The van der Waals surface area contributed by atoms with Crippen LogP contribution in [-0.4, -0.2) is 315 Å². The third kappa shape index (κ3) is 42.7. The number of unbranched alkanes of at least 4 members (excludes halogenated alkanes) is 3. The summed E-state index contributed by atoms with van der Waals surface area (Å²) in [7, 11) is 0. The third-order valence-electron chi connectivity index (χ3n) is 22.9. The number of carboxylic acid groups (broad SMARTS) is 5. The van der Waals surface area contributed by atoms with E-state index in [1.54, 1.807) is 13.8 Å². The maximum atomic E-state index is 14.7. The second kappa shape index (κ2) is 60.7. The van der Waals surface area contributed by atoms with Crippen LogP contribution in [0.2, 0.25) is 0 Å². The Balaban J connectivity index is 1.50. The summed E-state index contributed by atoms with van der Waals surface area (Å²) in [6.45, 7) is 9.99. The van der Waals surface area contributed by atoms with Gasteiger partial charge in [-0.2, -0.15) is 0 Å². The number of aromatic amines is 1. The third-order valence-corrected chi connectivity index (χ3v) is 24.2. The number of aliphatic hydroxyl groups excluding tert-OH is 1. The molecule has 2 aliphatic rings. The number of amides is 17. The molecule has 1 aliphatic heterocycles. The molecule has 51 nitrogen and oxygen atoms in total. The van der Waals surface area contributed by atoms with Crippen molar-refractivity contribution in [3.63, 3.8) is 0 Å². The van der Waals surface area contributed by atoms with Crippen molar-refractivity contribution in [2.75, 3.05) is 38.5 Å². The number of hydrogen-bond acceptors (Lipinski definition) is 30. The van der Waals surface area contributed by atoms with Crippen LogP contribution in [0.3, 0.4) is 0 Å². The number of likely N-dealkylation sites (tertiary alicyclic amines) is 1. The molecule has 0 spiro atoms. The van der Waals surface area contributed by atoms with E-state index in [1.165, 1.54) is 64.5 Å². The first kappa shape index (κ1) is 119.